The highest BCUT2D eigenvalue weighted by Crippen LogP contribution is 2.33. The lowest BCUT2D eigenvalue weighted by Crippen LogP contribution is -2.23. The van der Waals surface area contributed by atoms with Crippen molar-refractivity contribution < 1.29 is 9.66 Å². The van der Waals surface area contributed by atoms with Gasteiger partial charge in [0.2, 0.25) is 0 Å². The van der Waals surface area contributed by atoms with Crippen LogP contribution in [-0.4, -0.2) is 20.8 Å². The van der Waals surface area contributed by atoms with Crippen LogP contribution in [0.4, 0.5) is 5.69 Å². The van der Waals surface area contributed by atoms with Gasteiger partial charge in [-0.25, -0.2) is 4.98 Å². The first kappa shape index (κ1) is 26.0. The smallest absolute Gasteiger partial charge is 0.282 e. The number of nitro benzene ring substituents is 1. The molecule has 36 heavy (non-hydrogen) atoms. The van der Waals surface area contributed by atoms with Crippen LogP contribution in [0.1, 0.15) is 36.7 Å². The van der Waals surface area contributed by atoms with E-state index in [2.05, 4.69) is 41.9 Å². The number of nitrogens with zero attached hydrogens (tertiary/aromatic N) is 4. The summed E-state index contributed by atoms with van der Waals surface area (Å²) in [5.74, 6) is 0.857. The predicted octanol–water partition coefficient (Wildman–Crippen LogP) is 7.07. The molecule has 1 heterocycles. The van der Waals surface area contributed by atoms with Gasteiger partial charge in [0.05, 0.1) is 26.5 Å². The first-order valence-corrected chi connectivity index (χ1v) is 12.7. The summed E-state index contributed by atoms with van der Waals surface area (Å²) in [7, 11) is 0. The topological polar surface area (TPSA) is 99.6 Å². The van der Waals surface area contributed by atoms with Crippen molar-refractivity contribution in [3.8, 4) is 5.75 Å². The number of hydrogen-bond donors (Lipinski definition) is 0. The van der Waals surface area contributed by atoms with Gasteiger partial charge in [-0.2, -0.15) is 9.78 Å². The SMILES string of the molecule is CC(C)c1nc2ccc(Br)cc2c(=O)n1N=Cc1cc(Cl)cc(Br)c1OCc1cccc([N+](=O)[O-])c1. The van der Waals surface area contributed by atoms with Crippen LogP contribution in [0.15, 0.2) is 73.4 Å². The van der Waals surface area contributed by atoms with Crippen LogP contribution in [0.5, 0.6) is 5.75 Å². The Balaban J connectivity index is 1.75. The highest BCUT2D eigenvalue weighted by atomic mass is 79.9. The molecule has 0 saturated carbocycles. The zero-order chi connectivity index (χ0) is 26.0. The highest BCUT2D eigenvalue weighted by molar-refractivity contribution is 9.10. The second-order valence-electron chi connectivity index (χ2n) is 8.17. The summed E-state index contributed by atoms with van der Waals surface area (Å²) < 4.78 is 8.60. The quantitative estimate of drug-likeness (QED) is 0.123. The van der Waals surface area contributed by atoms with Crippen molar-refractivity contribution in [1.82, 2.24) is 9.66 Å². The summed E-state index contributed by atoms with van der Waals surface area (Å²) in [4.78, 5) is 28.6. The van der Waals surface area contributed by atoms with Crippen molar-refractivity contribution in [3.63, 3.8) is 0 Å². The maximum atomic E-state index is 13.3. The fourth-order valence-corrected chi connectivity index (χ4v) is 4.82. The van der Waals surface area contributed by atoms with Gasteiger partial charge in [0, 0.05) is 33.1 Å². The molecule has 0 spiro atoms. The molecule has 0 saturated heterocycles. The molecule has 4 rings (SSSR count). The minimum Gasteiger partial charge on any atom is -0.487 e. The number of hydrogen-bond acceptors (Lipinski definition) is 6. The van der Waals surface area contributed by atoms with Gasteiger partial charge < -0.3 is 4.74 Å². The average molecular weight is 635 g/mol. The molecule has 4 aromatic rings. The fraction of sp³-hybridized carbons (Fsp3) is 0.160. The molecule has 184 valence electrons. The lowest BCUT2D eigenvalue weighted by molar-refractivity contribution is -0.384. The van der Waals surface area contributed by atoms with Crippen molar-refractivity contribution >= 4 is 66.3 Å². The summed E-state index contributed by atoms with van der Waals surface area (Å²) in [6.45, 7) is 3.94. The van der Waals surface area contributed by atoms with Gasteiger partial charge in [-0.3, -0.25) is 14.9 Å². The Morgan fingerprint density at radius 2 is 1.97 bits per heavy atom. The van der Waals surface area contributed by atoms with E-state index in [0.29, 0.717) is 43.1 Å². The van der Waals surface area contributed by atoms with Gasteiger partial charge in [0.25, 0.3) is 11.2 Å². The second-order valence-corrected chi connectivity index (χ2v) is 10.4. The van der Waals surface area contributed by atoms with E-state index in [1.54, 1.807) is 36.4 Å². The van der Waals surface area contributed by atoms with Crippen molar-refractivity contribution in [3.05, 3.63) is 106 Å². The van der Waals surface area contributed by atoms with E-state index in [0.717, 1.165) is 4.47 Å². The molecule has 0 aliphatic heterocycles. The molecule has 0 bridgehead atoms. The number of aromatic nitrogens is 2. The lowest BCUT2D eigenvalue weighted by atomic mass is 10.2. The van der Waals surface area contributed by atoms with Crippen LogP contribution in [0.3, 0.4) is 0 Å². The van der Waals surface area contributed by atoms with E-state index in [1.807, 2.05) is 19.9 Å². The number of rotatable bonds is 7. The average Bonchev–Trinajstić information content (AvgIpc) is 2.83. The molecule has 11 heteroatoms. The number of non-ortho nitro benzene ring substituents is 1. The molecule has 0 radical (unpaired) electrons. The van der Waals surface area contributed by atoms with Crippen molar-refractivity contribution in [2.24, 2.45) is 5.10 Å². The standard InChI is InChI=1S/C25H19Br2ClN4O4/c1-14(2)24-30-22-7-6-17(26)10-20(22)25(33)31(24)29-12-16-9-18(28)11-21(27)23(16)36-13-15-4-3-5-19(8-15)32(34)35/h3-12,14H,13H2,1-2H3. The Bertz CT molecular complexity index is 1570. The largest absolute Gasteiger partial charge is 0.487 e. The Kier molecular flexibility index (Phi) is 7.87. The minimum atomic E-state index is -0.458. The fourth-order valence-electron chi connectivity index (χ4n) is 3.51. The number of benzene rings is 3. The maximum absolute atomic E-state index is 13.3. The van der Waals surface area contributed by atoms with Gasteiger partial charge in [0.1, 0.15) is 18.2 Å². The molecule has 0 N–H and O–H groups in total. The Hall–Kier alpha value is -3.08. The minimum absolute atomic E-state index is 0.0240. The summed E-state index contributed by atoms with van der Waals surface area (Å²) in [6, 6.07) is 14.9. The number of fused-ring (bicyclic) bond motifs is 1. The van der Waals surface area contributed by atoms with Gasteiger partial charge in [-0.1, -0.05) is 53.5 Å². The first-order valence-electron chi connectivity index (χ1n) is 10.8. The zero-order valence-corrected chi connectivity index (χ0v) is 23.0. The Labute approximate surface area is 228 Å². The van der Waals surface area contributed by atoms with Gasteiger partial charge in [0.15, 0.2) is 0 Å². The van der Waals surface area contributed by atoms with Gasteiger partial charge in [-0.15, -0.1) is 0 Å². The molecule has 0 amide bonds. The monoisotopic (exact) mass is 632 g/mol. The number of nitro groups is 1. The van der Waals surface area contributed by atoms with E-state index in [4.69, 9.17) is 16.3 Å². The summed E-state index contributed by atoms with van der Waals surface area (Å²) in [6.07, 6.45) is 1.48. The molecule has 0 aliphatic carbocycles. The highest BCUT2D eigenvalue weighted by Gasteiger charge is 2.15. The van der Waals surface area contributed by atoms with Crippen LogP contribution in [0.25, 0.3) is 10.9 Å². The summed E-state index contributed by atoms with van der Waals surface area (Å²) in [5.41, 5.74) is 1.39. The third-order valence-electron chi connectivity index (χ3n) is 5.20. The van der Waals surface area contributed by atoms with Crippen LogP contribution >= 0.6 is 43.5 Å². The molecule has 1 aromatic heterocycles. The van der Waals surface area contributed by atoms with E-state index < -0.39 is 4.92 Å². The summed E-state index contributed by atoms with van der Waals surface area (Å²) in [5, 5.41) is 16.4. The van der Waals surface area contributed by atoms with Crippen molar-refractivity contribution in [1.29, 1.82) is 0 Å². The molecule has 0 atom stereocenters. The van der Waals surface area contributed by atoms with E-state index in [9.17, 15) is 14.9 Å². The van der Waals surface area contributed by atoms with Crippen molar-refractivity contribution in [2.75, 3.05) is 0 Å². The molecule has 0 aliphatic rings. The lowest BCUT2D eigenvalue weighted by Gasteiger charge is -2.14. The number of ether oxygens (including phenoxy) is 1. The molecule has 3 aromatic carbocycles. The maximum Gasteiger partial charge on any atom is 0.282 e. The third-order valence-corrected chi connectivity index (χ3v) is 6.50. The zero-order valence-electron chi connectivity index (χ0n) is 19.1. The normalized spacial score (nSPS) is 11.5. The van der Waals surface area contributed by atoms with Crippen LogP contribution in [-0.2, 0) is 6.61 Å². The third kappa shape index (κ3) is 5.66. The second kappa shape index (κ2) is 10.9. The molecule has 8 nitrogen and oxygen atoms in total. The molecule has 0 fully saturated rings. The van der Waals surface area contributed by atoms with Crippen LogP contribution in [0.2, 0.25) is 5.02 Å². The van der Waals surface area contributed by atoms with Crippen LogP contribution < -0.4 is 10.3 Å². The molecular weight excluding hydrogens is 616 g/mol. The molecular formula is C25H19Br2ClN4O4. The van der Waals surface area contributed by atoms with E-state index >= 15 is 0 Å². The van der Waals surface area contributed by atoms with Gasteiger partial charge >= 0.3 is 0 Å². The Morgan fingerprint density at radius 1 is 1.19 bits per heavy atom. The predicted molar refractivity (Wildman–Crippen MR) is 147 cm³/mol. The van der Waals surface area contributed by atoms with Crippen molar-refractivity contribution in [2.45, 2.75) is 26.4 Å². The molecule has 0 unspecified atom stereocenters. The van der Waals surface area contributed by atoms with E-state index in [-0.39, 0.29) is 23.8 Å². The summed E-state index contributed by atoms with van der Waals surface area (Å²) >= 11 is 13.1. The first-order chi connectivity index (χ1) is 17.1. The van der Waals surface area contributed by atoms with Gasteiger partial charge in [-0.05, 0) is 51.8 Å². The number of halogens is 3. The van der Waals surface area contributed by atoms with Crippen LogP contribution in [0, 0.1) is 10.1 Å². The van der Waals surface area contributed by atoms with E-state index in [1.165, 1.54) is 23.0 Å². The Morgan fingerprint density at radius 3 is 2.69 bits per heavy atom.